The maximum atomic E-state index is 4.46. The number of rotatable bonds is 6. The number of fused-ring (bicyclic) bond motifs is 1. The van der Waals surface area contributed by atoms with Gasteiger partial charge >= 0.3 is 0 Å². The summed E-state index contributed by atoms with van der Waals surface area (Å²) in [4.78, 5) is 4.46. The summed E-state index contributed by atoms with van der Waals surface area (Å²) in [6.45, 7) is 5.40. The Balaban J connectivity index is 1.77. The van der Waals surface area contributed by atoms with E-state index in [1.807, 2.05) is 6.20 Å². The molecule has 0 spiro atoms. The highest BCUT2D eigenvalue weighted by molar-refractivity contribution is 5.40. The van der Waals surface area contributed by atoms with E-state index in [4.69, 9.17) is 0 Å². The lowest BCUT2D eigenvalue weighted by Gasteiger charge is -2.34. The molecule has 2 aromatic rings. The van der Waals surface area contributed by atoms with E-state index < -0.39 is 0 Å². The van der Waals surface area contributed by atoms with Gasteiger partial charge in [-0.15, -0.1) is 0 Å². The molecule has 2 heteroatoms. The third-order valence-corrected chi connectivity index (χ3v) is 4.55. The van der Waals surface area contributed by atoms with Gasteiger partial charge < -0.3 is 5.32 Å². The predicted octanol–water partition coefficient (Wildman–Crippen LogP) is 4.16. The van der Waals surface area contributed by atoms with Crippen LogP contribution in [-0.4, -0.2) is 11.5 Å². The van der Waals surface area contributed by atoms with Crippen molar-refractivity contribution in [2.75, 3.05) is 6.54 Å². The zero-order valence-electron chi connectivity index (χ0n) is 13.0. The number of nitrogens with one attached hydrogen (secondary N) is 1. The van der Waals surface area contributed by atoms with Crippen LogP contribution < -0.4 is 5.32 Å². The summed E-state index contributed by atoms with van der Waals surface area (Å²) in [6.07, 6.45) is 5.44. The molecule has 2 unspecified atom stereocenters. The first kappa shape index (κ1) is 14.3. The Kier molecular flexibility index (Phi) is 4.35. The second-order valence-corrected chi connectivity index (χ2v) is 6.02. The standard InChI is InChI=1S/C19H24N2/c1-3-10-21-19(17-9-6-11-20-14(17)2)13-16-12-15-7-4-5-8-18(15)16/h4-9,11,16,19,21H,3,10,12-13H2,1-2H3. The summed E-state index contributed by atoms with van der Waals surface area (Å²) in [5.74, 6) is 0.690. The van der Waals surface area contributed by atoms with E-state index >= 15 is 0 Å². The fourth-order valence-electron chi connectivity index (χ4n) is 3.36. The Bertz CT molecular complexity index is 606. The number of hydrogen-bond acceptors (Lipinski definition) is 2. The average molecular weight is 280 g/mol. The highest BCUT2D eigenvalue weighted by Crippen LogP contribution is 2.40. The van der Waals surface area contributed by atoms with Crippen molar-refractivity contribution in [1.82, 2.24) is 10.3 Å². The second kappa shape index (κ2) is 6.40. The Morgan fingerprint density at radius 2 is 2.10 bits per heavy atom. The van der Waals surface area contributed by atoms with Crippen LogP contribution in [0.3, 0.4) is 0 Å². The van der Waals surface area contributed by atoms with E-state index in [1.165, 1.54) is 24.0 Å². The predicted molar refractivity (Wildman–Crippen MR) is 87.5 cm³/mol. The number of hydrogen-bond donors (Lipinski definition) is 1. The molecule has 2 atom stereocenters. The van der Waals surface area contributed by atoms with Crippen LogP contribution in [0.5, 0.6) is 0 Å². The van der Waals surface area contributed by atoms with Crippen molar-refractivity contribution in [3.63, 3.8) is 0 Å². The molecule has 2 nitrogen and oxygen atoms in total. The lowest BCUT2D eigenvalue weighted by atomic mass is 9.73. The molecule has 0 radical (unpaired) electrons. The van der Waals surface area contributed by atoms with E-state index in [2.05, 4.69) is 60.5 Å². The molecule has 0 amide bonds. The second-order valence-electron chi connectivity index (χ2n) is 6.02. The summed E-state index contributed by atoms with van der Waals surface area (Å²) in [5.41, 5.74) is 5.58. The van der Waals surface area contributed by atoms with Gasteiger partial charge in [0.25, 0.3) is 0 Å². The van der Waals surface area contributed by atoms with Crippen LogP contribution in [0.1, 0.15) is 54.1 Å². The van der Waals surface area contributed by atoms with Gasteiger partial charge in [-0.25, -0.2) is 0 Å². The fourth-order valence-corrected chi connectivity index (χ4v) is 3.36. The molecule has 1 N–H and O–H groups in total. The maximum absolute atomic E-state index is 4.46. The Hall–Kier alpha value is -1.67. The van der Waals surface area contributed by atoms with Crippen molar-refractivity contribution in [3.05, 3.63) is 65.0 Å². The molecule has 0 bridgehead atoms. The summed E-state index contributed by atoms with van der Waals surface area (Å²) < 4.78 is 0. The summed E-state index contributed by atoms with van der Waals surface area (Å²) in [6, 6.07) is 13.5. The van der Waals surface area contributed by atoms with Crippen LogP contribution in [-0.2, 0) is 6.42 Å². The molecule has 0 saturated heterocycles. The van der Waals surface area contributed by atoms with Gasteiger partial charge in [0.15, 0.2) is 0 Å². The quantitative estimate of drug-likeness (QED) is 0.859. The van der Waals surface area contributed by atoms with Gasteiger partial charge in [-0.05, 0) is 61.4 Å². The van der Waals surface area contributed by atoms with Gasteiger partial charge in [-0.1, -0.05) is 37.3 Å². The van der Waals surface area contributed by atoms with Crippen LogP contribution in [0.15, 0.2) is 42.6 Å². The monoisotopic (exact) mass is 280 g/mol. The summed E-state index contributed by atoms with van der Waals surface area (Å²) in [5, 5.41) is 3.72. The van der Waals surface area contributed by atoms with E-state index in [0.717, 1.165) is 18.7 Å². The Morgan fingerprint density at radius 1 is 1.24 bits per heavy atom. The first-order chi connectivity index (χ1) is 10.3. The minimum absolute atomic E-state index is 0.414. The smallest absolute Gasteiger partial charge is 0.0420 e. The molecule has 110 valence electrons. The fraction of sp³-hybridized carbons (Fsp3) is 0.421. The van der Waals surface area contributed by atoms with Crippen LogP contribution in [0.2, 0.25) is 0 Å². The van der Waals surface area contributed by atoms with Gasteiger partial charge in [0.2, 0.25) is 0 Å². The first-order valence-electron chi connectivity index (χ1n) is 8.02. The van der Waals surface area contributed by atoms with Gasteiger partial charge in [0.1, 0.15) is 0 Å². The zero-order chi connectivity index (χ0) is 14.7. The molecule has 1 aromatic carbocycles. The van der Waals surface area contributed by atoms with Crippen molar-refractivity contribution >= 4 is 0 Å². The van der Waals surface area contributed by atoms with Crippen molar-refractivity contribution in [1.29, 1.82) is 0 Å². The highest BCUT2D eigenvalue weighted by Gasteiger charge is 2.28. The molecule has 0 saturated carbocycles. The molecule has 1 aromatic heterocycles. The third-order valence-electron chi connectivity index (χ3n) is 4.55. The number of aryl methyl sites for hydroxylation is 1. The summed E-state index contributed by atoms with van der Waals surface area (Å²) >= 11 is 0. The van der Waals surface area contributed by atoms with E-state index in [-0.39, 0.29) is 0 Å². The van der Waals surface area contributed by atoms with Crippen molar-refractivity contribution in [3.8, 4) is 0 Å². The molecular weight excluding hydrogens is 256 g/mol. The van der Waals surface area contributed by atoms with Crippen LogP contribution in [0, 0.1) is 6.92 Å². The molecule has 21 heavy (non-hydrogen) atoms. The highest BCUT2D eigenvalue weighted by atomic mass is 14.9. The molecule has 3 rings (SSSR count). The third kappa shape index (κ3) is 3.01. The Morgan fingerprint density at radius 3 is 2.86 bits per heavy atom. The van der Waals surface area contributed by atoms with Crippen LogP contribution >= 0.6 is 0 Å². The van der Waals surface area contributed by atoms with Gasteiger partial charge in [0, 0.05) is 17.9 Å². The van der Waals surface area contributed by atoms with E-state index in [0.29, 0.717) is 12.0 Å². The van der Waals surface area contributed by atoms with Crippen molar-refractivity contribution in [2.24, 2.45) is 0 Å². The normalized spacial score (nSPS) is 17.9. The van der Waals surface area contributed by atoms with E-state index in [1.54, 1.807) is 5.56 Å². The molecular formula is C19H24N2. The molecule has 0 fully saturated rings. The molecule has 1 aliphatic carbocycles. The number of pyridine rings is 1. The van der Waals surface area contributed by atoms with Gasteiger partial charge in [-0.3, -0.25) is 4.98 Å². The number of benzene rings is 1. The summed E-state index contributed by atoms with van der Waals surface area (Å²) in [7, 11) is 0. The number of aromatic nitrogens is 1. The first-order valence-corrected chi connectivity index (χ1v) is 8.02. The van der Waals surface area contributed by atoms with Gasteiger partial charge in [0.05, 0.1) is 0 Å². The Labute approximate surface area is 127 Å². The van der Waals surface area contributed by atoms with Crippen molar-refractivity contribution < 1.29 is 0 Å². The molecule has 1 heterocycles. The zero-order valence-corrected chi connectivity index (χ0v) is 13.0. The van der Waals surface area contributed by atoms with Crippen LogP contribution in [0.4, 0.5) is 0 Å². The lowest BCUT2D eigenvalue weighted by molar-refractivity contribution is 0.426. The maximum Gasteiger partial charge on any atom is 0.0420 e. The van der Waals surface area contributed by atoms with Crippen LogP contribution in [0.25, 0.3) is 0 Å². The molecule has 0 aliphatic heterocycles. The largest absolute Gasteiger partial charge is 0.310 e. The van der Waals surface area contributed by atoms with Crippen molar-refractivity contribution in [2.45, 2.75) is 45.1 Å². The minimum Gasteiger partial charge on any atom is -0.310 e. The molecule has 1 aliphatic rings. The average Bonchev–Trinajstić information content (AvgIpc) is 2.49. The topological polar surface area (TPSA) is 24.9 Å². The number of nitrogens with zero attached hydrogens (tertiary/aromatic N) is 1. The SMILES string of the molecule is CCCNC(CC1Cc2ccccc21)c1cccnc1C. The van der Waals surface area contributed by atoms with Gasteiger partial charge in [-0.2, -0.15) is 0 Å². The lowest BCUT2D eigenvalue weighted by Crippen LogP contribution is -2.28. The minimum atomic E-state index is 0.414. The van der Waals surface area contributed by atoms with E-state index in [9.17, 15) is 0 Å².